The molecule has 0 radical (unpaired) electrons. The fourth-order valence-electron chi connectivity index (χ4n) is 4.29. The Hall–Kier alpha value is -2.71. The highest BCUT2D eigenvalue weighted by atomic mass is 31.1. The second kappa shape index (κ2) is 9.40. The molecule has 0 aliphatic carbocycles. The summed E-state index contributed by atoms with van der Waals surface area (Å²) in [5.74, 6) is 0. The maximum Gasteiger partial charge on any atom is 0.316 e. The zero-order valence-electron chi connectivity index (χ0n) is 16.7. The maximum absolute atomic E-state index is 11.6. The van der Waals surface area contributed by atoms with Gasteiger partial charge in [-0.25, -0.2) is 0 Å². The minimum Gasteiger partial charge on any atom is -0.326 e. The third-order valence-corrected chi connectivity index (χ3v) is 5.99. The lowest BCUT2D eigenvalue weighted by molar-refractivity contribution is 0.199. The Morgan fingerprint density at radius 3 is 1.83 bits per heavy atom. The molecule has 0 heterocycles. The van der Waals surface area contributed by atoms with E-state index in [1.165, 1.54) is 11.1 Å². The Balaban J connectivity index is 1.91. The van der Waals surface area contributed by atoms with Crippen LogP contribution in [-0.2, 0) is 27.3 Å². The predicted molar refractivity (Wildman–Crippen MR) is 123 cm³/mol. The summed E-state index contributed by atoms with van der Waals surface area (Å²) in [5, 5.41) is 2.30. The van der Waals surface area contributed by atoms with E-state index >= 15 is 0 Å². The maximum atomic E-state index is 11.6. The SMILES string of the molecule is O=[PH](O)OCC(Cc1ccccc1)(Cc1ccccc1)c1cccc2ccccc12. The van der Waals surface area contributed by atoms with Crippen LogP contribution in [0.4, 0.5) is 0 Å². The van der Waals surface area contributed by atoms with Crippen LogP contribution in [0.15, 0.2) is 103 Å². The van der Waals surface area contributed by atoms with Crippen molar-refractivity contribution in [3.8, 4) is 0 Å². The highest BCUT2D eigenvalue weighted by molar-refractivity contribution is 7.32. The standard InChI is InChI=1S/C26H25O3P/c27-30(28)29-20-26(18-21-10-3-1-4-11-21,19-22-12-5-2-6-13-22)25-17-9-15-23-14-7-8-16-24(23)25/h1-17,30H,18-20H2,(H,27,28). The molecule has 0 saturated carbocycles. The lowest BCUT2D eigenvalue weighted by Crippen LogP contribution is -2.36. The van der Waals surface area contributed by atoms with Gasteiger partial charge in [0.05, 0.1) is 6.61 Å². The molecule has 0 aliphatic rings. The largest absolute Gasteiger partial charge is 0.326 e. The van der Waals surface area contributed by atoms with Crippen molar-refractivity contribution in [2.75, 3.05) is 6.61 Å². The van der Waals surface area contributed by atoms with Crippen LogP contribution in [0.2, 0.25) is 0 Å². The third kappa shape index (κ3) is 4.71. The minimum absolute atomic E-state index is 0.166. The van der Waals surface area contributed by atoms with Gasteiger partial charge in [-0.15, -0.1) is 0 Å². The van der Waals surface area contributed by atoms with Crippen molar-refractivity contribution < 1.29 is 14.0 Å². The van der Waals surface area contributed by atoms with Gasteiger partial charge in [-0.05, 0) is 40.3 Å². The fourth-order valence-corrected chi connectivity index (χ4v) is 4.69. The number of hydrogen-bond donors (Lipinski definition) is 1. The van der Waals surface area contributed by atoms with Crippen molar-refractivity contribution >= 4 is 19.0 Å². The van der Waals surface area contributed by atoms with Gasteiger partial charge in [0.15, 0.2) is 0 Å². The van der Waals surface area contributed by atoms with Gasteiger partial charge in [0.25, 0.3) is 0 Å². The molecule has 4 aromatic carbocycles. The van der Waals surface area contributed by atoms with Gasteiger partial charge in [-0.3, -0.25) is 4.57 Å². The van der Waals surface area contributed by atoms with Gasteiger partial charge >= 0.3 is 8.25 Å². The average molecular weight is 416 g/mol. The first-order chi connectivity index (χ1) is 14.7. The van der Waals surface area contributed by atoms with E-state index < -0.39 is 13.7 Å². The molecule has 3 nitrogen and oxygen atoms in total. The smallest absolute Gasteiger partial charge is 0.316 e. The van der Waals surface area contributed by atoms with E-state index in [1.54, 1.807) is 0 Å². The van der Waals surface area contributed by atoms with Gasteiger partial charge in [0.2, 0.25) is 0 Å². The molecular weight excluding hydrogens is 391 g/mol. The molecule has 4 heteroatoms. The third-order valence-electron chi connectivity index (χ3n) is 5.60. The highest BCUT2D eigenvalue weighted by Gasteiger charge is 2.35. The Kier molecular flexibility index (Phi) is 6.44. The van der Waals surface area contributed by atoms with Gasteiger partial charge in [-0.1, -0.05) is 103 Å². The van der Waals surface area contributed by atoms with Crippen LogP contribution in [0, 0.1) is 0 Å². The summed E-state index contributed by atoms with van der Waals surface area (Å²) in [5.41, 5.74) is 2.98. The molecule has 0 bridgehead atoms. The van der Waals surface area contributed by atoms with Crippen molar-refractivity contribution in [2.24, 2.45) is 0 Å². The van der Waals surface area contributed by atoms with Gasteiger partial charge in [0.1, 0.15) is 0 Å². The van der Waals surface area contributed by atoms with Gasteiger partial charge in [-0.2, -0.15) is 0 Å². The summed E-state index contributed by atoms with van der Waals surface area (Å²) in [6.45, 7) is 0.166. The Labute approximate surface area is 177 Å². The lowest BCUT2D eigenvalue weighted by atomic mass is 9.70. The fraction of sp³-hybridized carbons (Fsp3) is 0.154. The number of benzene rings is 4. The first-order valence-electron chi connectivity index (χ1n) is 10.1. The van der Waals surface area contributed by atoms with Crippen molar-refractivity contribution in [2.45, 2.75) is 18.3 Å². The summed E-state index contributed by atoms with van der Waals surface area (Å²) < 4.78 is 17.1. The minimum atomic E-state index is -3.06. The lowest BCUT2D eigenvalue weighted by Gasteiger charge is -2.35. The van der Waals surface area contributed by atoms with Crippen LogP contribution in [-0.4, -0.2) is 11.5 Å². The summed E-state index contributed by atoms with van der Waals surface area (Å²) in [6, 6.07) is 35.1. The normalized spacial score (nSPS) is 12.7. The zero-order valence-corrected chi connectivity index (χ0v) is 17.7. The predicted octanol–water partition coefficient (Wildman–Crippen LogP) is 5.96. The summed E-state index contributed by atoms with van der Waals surface area (Å²) in [6.07, 6.45) is 1.40. The van der Waals surface area contributed by atoms with E-state index in [2.05, 4.69) is 54.6 Å². The molecule has 0 aliphatic heterocycles. The Morgan fingerprint density at radius 1 is 0.700 bits per heavy atom. The summed E-state index contributed by atoms with van der Waals surface area (Å²) in [4.78, 5) is 9.53. The molecule has 30 heavy (non-hydrogen) atoms. The monoisotopic (exact) mass is 416 g/mol. The average Bonchev–Trinajstić information content (AvgIpc) is 2.78. The first kappa shape index (κ1) is 20.6. The van der Waals surface area contributed by atoms with E-state index in [0.717, 1.165) is 16.3 Å². The van der Waals surface area contributed by atoms with E-state index in [-0.39, 0.29) is 6.61 Å². The molecule has 0 aromatic heterocycles. The molecule has 0 amide bonds. The molecule has 4 rings (SSSR count). The zero-order chi connectivity index (χ0) is 20.8. The van der Waals surface area contributed by atoms with Crippen LogP contribution in [0.25, 0.3) is 10.8 Å². The second-order valence-corrected chi connectivity index (χ2v) is 8.51. The topological polar surface area (TPSA) is 46.5 Å². The van der Waals surface area contributed by atoms with Crippen molar-refractivity contribution in [1.29, 1.82) is 0 Å². The quantitative estimate of drug-likeness (QED) is 0.361. The van der Waals surface area contributed by atoms with Crippen molar-refractivity contribution in [1.82, 2.24) is 0 Å². The van der Waals surface area contributed by atoms with E-state index in [0.29, 0.717) is 12.8 Å². The van der Waals surface area contributed by atoms with Crippen molar-refractivity contribution in [3.05, 3.63) is 120 Å². The number of rotatable bonds is 8. The van der Waals surface area contributed by atoms with Crippen LogP contribution in [0.1, 0.15) is 16.7 Å². The Bertz CT molecular complexity index is 1080. The molecule has 1 atom stereocenters. The van der Waals surface area contributed by atoms with Crippen LogP contribution >= 0.6 is 8.25 Å². The molecule has 0 fully saturated rings. The summed E-state index contributed by atoms with van der Waals surface area (Å²) in [7, 11) is -3.06. The van der Waals surface area contributed by atoms with Gasteiger partial charge in [0, 0.05) is 5.41 Å². The highest BCUT2D eigenvalue weighted by Crippen LogP contribution is 2.39. The molecular formula is C26H25O3P. The first-order valence-corrected chi connectivity index (χ1v) is 11.3. The van der Waals surface area contributed by atoms with Crippen molar-refractivity contribution in [3.63, 3.8) is 0 Å². The van der Waals surface area contributed by atoms with Crippen LogP contribution in [0.5, 0.6) is 0 Å². The van der Waals surface area contributed by atoms with Crippen LogP contribution in [0.3, 0.4) is 0 Å². The molecule has 1 N–H and O–H groups in total. The van der Waals surface area contributed by atoms with E-state index in [9.17, 15) is 9.46 Å². The second-order valence-electron chi connectivity index (χ2n) is 7.69. The molecule has 0 spiro atoms. The molecule has 1 unspecified atom stereocenters. The van der Waals surface area contributed by atoms with Crippen LogP contribution < -0.4 is 0 Å². The molecule has 152 valence electrons. The Morgan fingerprint density at radius 2 is 1.23 bits per heavy atom. The number of hydrogen-bond acceptors (Lipinski definition) is 2. The summed E-state index contributed by atoms with van der Waals surface area (Å²) >= 11 is 0. The number of fused-ring (bicyclic) bond motifs is 1. The van der Waals surface area contributed by atoms with E-state index in [4.69, 9.17) is 4.52 Å². The molecule has 0 saturated heterocycles. The van der Waals surface area contributed by atoms with E-state index in [1.807, 2.05) is 48.5 Å². The van der Waals surface area contributed by atoms with Gasteiger partial charge < -0.3 is 9.42 Å². The molecule has 4 aromatic rings.